The summed E-state index contributed by atoms with van der Waals surface area (Å²) in [5.41, 5.74) is 3.95. The summed E-state index contributed by atoms with van der Waals surface area (Å²) < 4.78 is 0. The van der Waals surface area contributed by atoms with Crippen molar-refractivity contribution in [2.24, 2.45) is 0 Å². The number of halogens is 1. The molecule has 1 N–H and O–H groups in total. The van der Waals surface area contributed by atoms with Gasteiger partial charge < -0.3 is 10.0 Å². The van der Waals surface area contributed by atoms with Gasteiger partial charge in [0.2, 0.25) is 0 Å². The Balaban J connectivity index is 0.00000147. The SMILES string of the molecule is CN1CCc2ccc(O)cc2[C@@H](c2ccccc2)C1.Cl. The first kappa shape index (κ1) is 14.9. The largest absolute Gasteiger partial charge is 0.508 e. The fourth-order valence-corrected chi connectivity index (χ4v) is 2.92. The highest BCUT2D eigenvalue weighted by Gasteiger charge is 2.22. The molecule has 0 saturated heterocycles. The number of phenolic OH excluding ortho intramolecular Hbond substituents is 1. The Morgan fingerprint density at radius 3 is 2.60 bits per heavy atom. The molecule has 0 aromatic heterocycles. The molecule has 0 amide bonds. The van der Waals surface area contributed by atoms with E-state index in [0.717, 1.165) is 19.5 Å². The molecule has 2 nitrogen and oxygen atoms in total. The van der Waals surface area contributed by atoms with Crippen molar-refractivity contribution in [2.45, 2.75) is 12.3 Å². The van der Waals surface area contributed by atoms with Crippen LogP contribution >= 0.6 is 12.4 Å². The van der Waals surface area contributed by atoms with Crippen molar-refractivity contribution in [3.05, 3.63) is 65.2 Å². The maximum Gasteiger partial charge on any atom is 0.115 e. The molecule has 0 saturated carbocycles. The number of aromatic hydroxyl groups is 1. The van der Waals surface area contributed by atoms with Gasteiger partial charge in [-0.2, -0.15) is 0 Å². The molecule has 1 heterocycles. The van der Waals surface area contributed by atoms with E-state index in [1.807, 2.05) is 12.1 Å². The molecule has 1 aliphatic heterocycles. The van der Waals surface area contributed by atoms with Gasteiger partial charge in [-0.05, 0) is 42.3 Å². The van der Waals surface area contributed by atoms with Crippen molar-refractivity contribution in [1.82, 2.24) is 4.90 Å². The molecule has 0 unspecified atom stereocenters. The van der Waals surface area contributed by atoms with Crippen molar-refractivity contribution in [3.8, 4) is 5.75 Å². The molecule has 2 aromatic carbocycles. The van der Waals surface area contributed by atoms with Gasteiger partial charge in [-0.1, -0.05) is 36.4 Å². The van der Waals surface area contributed by atoms with Crippen LogP contribution in [0.25, 0.3) is 0 Å². The van der Waals surface area contributed by atoms with Gasteiger partial charge in [-0.3, -0.25) is 0 Å². The van der Waals surface area contributed by atoms with E-state index in [-0.39, 0.29) is 12.4 Å². The maximum atomic E-state index is 9.80. The van der Waals surface area contributed by atoms with Crippen molar-refractivity contribution in [1.29, 1.82) is 0 Å². The van der Waals surface area contributed by atoms with Gasteiger partial charge in [0, 0.05) is 19.0 Å². The van der Waals surface area contributed by atoms with Crippen LogP contribution in [0.2, 0.25) is 0 Å². The molecule has 0 radical (unpaired) electrons. The van der Waals surface area contributed by atoms with Crippen LogP contribution in [0.5, 0.6) is 5.75 Å². The molecule has 0 bridgehead atoms. The van der Waals surface area contributed by atoms with E-state index >= 15 is 0 Å². The fourth-order valence-electron chi connectivity index (χ4n) is 2.92. The maximum absolute atomic E-state index is 9.80. The molecule has 106 valence electrons. The number of fused-ring (bicyclic) bond motifs is 1. The third-order valence-electron chi connectivity index (χ3n) is 3.96. The van der Waals surface area contributed by atoms with E-state index in [0.29, 0.717) is 11.7 Å². The summed E-state index contributed by atoms with van der Waals surface area (Å²) in [4.78, 5) is 2.37. The van der Waals surface area contributed by atoms with E-state index in [4.69, 9.17) is 0 Å². The lowest BCUT2D eigenvalue weighted by Gasteiger charge is -2.22. The Hall–Kier alpha value is -1.51. The molecule has 2 aromatic rings. The number of hydrogen-bond donors (Lipinski definition) is 1. The molecule has 0 fully saturated rings. The Morgan fingerprint density at radius 1 is 1.10 bits per heavy atom. The van der Waals surface area contributed by atoms with Gasteiger partial charge in [-0.15, -0.1) is 12.4 Å². The lowest BCUT2D eigenvalue weighted by atomic mass is 9.88. The van der Waals surface area contributed by atoms with Crippen LogP contribution in [0.4, 0.5) is 0 Å². The minimum absolute atomic E-state index is 0. The average Bonchev–Trinajstić information content (AvgIpc) is 2.59. The number of likely N-dealkylation sites (N-methyl/N-ethyl adjacent to an activating group) is 1. The summed E-state index contributed by atoms with van der Waals surface area (Å²) in [6.07, 6.45) is 1.05. The first-order valence-electron chi connectivity index (χ1n) is 6.79. The number of rotatable bonds is 1. The van der Waals surface area contributed by atoms with Gasteiger partial charge in [0.15, 0.2) is 0 Å². The van der Waals surface area contributed by atoms with E-state index in [1.54, 1.807) is 6.07 Å². The molecular formula is C17H20ClNO. The summed E-state index contributed by atoms with van der Waals surface area (Å²) >= 11 is 0. The number of nitrogens with zero attached hydrogens (tertiary/aromatic N) is 1. The average molecular weight is 290 g/mol. The summed E-state index contributed by atoms with van der Waals surface area (Å²) in [5, 5.41) is 9.80. The van der Waals surface area contributed by atoms with E-state index < -0.39 is 0 Å². The third-order valence-corrected chi connectivity index (χ3v) is 3.96. The second-order valence-electron chi connectivity index (χ2n) is 5.36. The van der Waals surface area contributed by atoms with Crippen molar-refractivity contribution in [2.75, 3.05) is 20.1 Å². The van der Waals surface area contributed by atoms with Crippen molar-refractivity contribution >= 4 is 12.4 Å². The lowest BCUT2D eigenvalue weighted by Crippen LogP contribution is -2.24. The molecule has 1 atom stereocenters. The van der Waals surface area contributed by atoms with Crippen LogP contribution in [0.1, 0.15) is 22.6 Å². The van der Waals surface area contributed by atoms with Crippen LogP contribution in [-0.4, -0.2) is 30.1 Å². The number of hydrogen-bond acceptors (Lipinski definition) is 2. The van der Waals surface area contributed by atoms with Gasteiger partial charge in [0.25, 0.3) is 0 Å². The van der Waals surface area contributed by atoms with Gasteiger partial charge in [-0.25, -0.2) is 0 Å². The lowest BCUT2D eigenvalue weighted by molar-refractivity contribution is 0.338. The first-order chi connectivity index (χ1) is 9.24. The third kappa shape index (κ3) is 2.97. The highest BCUT2D eigenvalue weighted by atomic mass is 35.5. The Kier molecular flexibility index (Phi) is 4.69. The summed E-state index contributed by atoms with van der Waals surface area (Å²) in [6.45, 7) is 2.07. The van der Waals surface area contributed by atoms with E-state index in [9.17, 15) is 5.11 Å². The van der Waals surface area contributed by atoms with E-state index in [2.05, 4.69) is 42.3 Å². The Morgan fingerprint density at radius 2 is 1.85 bits per heavy atom. The smallest absolute Gasteiger partial charge is 0.115 e. The fraction of sp³-hybridized carbons (Fsp3) is 0.294. The zero-order chi connectivity index (χ0) is 13.2. The minimum Gasteiger partial charge on any atom is -0.508 e. The topological polar surface area (TPSA) is 23.5 Å². The van der Waals surface area contributed by atoms with Crippen LogP contribution in [0.3, 0.4) is 0 Å². The van der Waals surface area contributed by atoms with Crippen LogP contribution < -0.4 is 0 Å². The molecule has 3 rings (SSSR count). The van der Waals surface area contributed by atoms with Gasteiger partial charge >= 0.3 is 0 Å². The molecule has 1 aliphatic rings. The summed E-state index contributed by atoms with van der Waals surface area (Å²) in [5.74, 6) is 0.708. The quantitative estimate of drug-likeness (QED) is 0.869. The molecule has 20 heavy (non-hydrogen) atoms. The Bertz CT molecular complexity index is 570. The number of phenols is 1. The highest BCUT2D eigenvalue weighted by Crippen LogP contribution is 2.32. The standard InChI is InChI=1S/C17H19NO.ClH/c1-18-10-9-14-7-8-15(19)11-16(14)17(12-18)13-5-3-2-4-6-13;/h2-8,11,17,19H,9-10,12H2,1H3;1H/t17-;/m1./s1. The van der Waals surface area contributed by atoms with Crippen molar-refractivity contribution < 1.29 is 5.11 Å². The van der Waals surface area contributed by atoms with Crippen LogP contribution in [-0.2, 0) is 6.42 Å². The van der Waals surface area contributed by atoms with Crippen LogP contribution in [0.15, 0.2) is 48.5 Å². The molecule has 0 aliphatic carbocycles. The Labute approximate surface area is 126 Å². The zero-order valence-corrected chi connectivity index (χ0v) is 12.4. The minimum atomic E-state index is 0. The molecular weight excluding hydrogens is 270 g/mol. The van der Waals surface area contributed by atoms with E-state index in [1.165, 1.54) is 16.7 Å². The molecule has 3 heteroatoms. The predicted octanol–water partition coefficient (Wildman–Crippen LogP) is 3.43. The summed E-state index contributed by atoms with van der Waals surface area (Å²) in [6, 6.07) is 16.4. The monoisotopic (exact) mass is 289 g/mol. The normalized spacial score (nSPS) is 18.8. The molecule has 0 spiro atoms. The second kappa shape index (κ2) is 6.29. The van der Waals surface area contributed by atoms with Gasteiger partial charge in [0.1, 0.15) is 5.75 Å². The predicted molar refractivity (Wildman–Crippen MR) is 84.8 cm³/mol. The summed E-state index contributed by atoms with van der Waals surface area (Å²) in [7, 11) is 2.17. The highest BCUT2D eigenvalue weighted by molar-refractivity contribution is 5.85. The van der Waals surface area contributed by atoms with Crippen LogP contribution in [0, 0.1) is 0 Å². The number of benzene rings is 2. The van der Waals surface area contributed by atoms with Gasteiger partial charge in [0.05, 0.1) is 0 Å². The first-order valence-corrected chi connectivity index (χ1v) is 6.79. The zero-order valence-electron chi connectivity index (χ0n) is 11.6. The second-order valence-corrected chi connectivity index (χ2v) is 5.36. The van der Waals surface area contributed by atoms with Crippen molar-refractivity contribution in [3.63, 3.8) is 0 Å².